The summed E-state index contributed by atoms with van der Waals surface area (Å²) in [5.74, 6) is -0.802. The molecule has 0 saturated carbocycles. The van der Waals surface area contributed by atoms with E-state index < -0.39 is 18.2 Å². The molecule has 0 bridgehead atoms. The fourth-order valence-electron chi connectivity index (χ4n) is 2.17. The zero-order chi connectivity index (χ0) is 16.2. The first-order chi connectivity index (χ1) is 9.79. The van der Waals surface area contributed by atoms with Crippen LogP contribution in [0.25, 0.3) is 0 Å². The van der Waals surface area contributed by atoms with Crippen molar-refractivity contribution in [2.45, 2.75) is 39.9 Å². The third kappa shape index (κ3) is 4.05. The summed E-state index contributed by atoms with van der Waals surface area (Å²) in [6.07, 6.45) is -2.38. The van der Waals surface area contributed by atoms with E-state index in [1.165, 1.54) is 6.92 Å². The van der Waals surface area contributed by atoms with Crippen molar-refractivity contribution >= 4 is 11.9 Å². The van der Waals surface area contributed by atoms with E-state index in [2.05, 4.69) is 10.3 Å². The quantitative estimate of drug-likeness (QED) is 0.566. The van der Waals surface area contributed by atoms with Gasteiger partial charge in [-0.2, -0.15) is 0 Å². The number of aliphatic hydroxyl groups excluding tert-OH is 2. The molecule has 0 aromatic carbocycles. The van der Waals surface area contributed by atoms with Crippen molar-refractivity contribution in [1.82, 2.24) is 10.3 Å². The molecule has 2 unspecified atom stereocenters. The number of aliphatic hydroxyl groups is 2. The van der Waals surface area contributed by atoms with Gasteiger partial charge in [0.15, 0.2) is 0 Å². The Morgan fingerprint density at radius 3 is 2.48 bits per heavy atom. The third-order valence-electron chi connectivity index (χ3n) is 3.20. The van der Waals surface area contributed by atoms with Crippen LogP contribution in [0.15, 0.2) is 0 Å². The fourth-order valence-corrected chi connectivity index (χ4v) is 2.17. The largest absolute Gasteiger partial charge is 0.461 e. The highest BCUT2D eigenvalue weighted by Crippen LogP contribution is 2.27. The molecular weight excluding hydrogens is 276 g/mol. The molecule has 1 heterocycles. The molecule has 118 valence electrons. The topological polar surface area (TPSA) is 112 Å². The average molecular weight is 298 g/mol. The van der Waals surface area contributed by atoms with E-state index in [0.717, 1.165) is 0 Å². The van der Waals surface area contributed by atoms with Gasteiger partial charge in [0.25, 0.3) is 0 Å². The van der Waals surface area contributed by atoms with Gasteiger partial charge < -0.3 is 25.3 Å². The van der Waals surface area contributed by atoms with Gasteiger partial charge in [0.2, 0.25) is 5.91 Å². The van der Waals surface area contributed by atoms with Crippen molar-refractivity contribution < 1.29 is 24.5 Å². The number of hydrogen-bond donors (Lipinski definition) is 4. The normalized spacial score (nSPS) is 13.6. The predicted octanol–water partition coefficient (Wildman–Crippen LogP) is 0.339. The molecule has 21 heavy (non-hydrogen) atoms. The molecule has 0 aliphatic carbocycles. The minimum absolute atomic E-state index is 0.0741. The summed E-state index contributed by atoms with van der Waals surface area (Å²) in [7, 11) is 0. The number of carbonyl (C=O) groups excluding carboxylic acids is 2. The minimum atomic E-state index is -1.21. The van der Waals surface area contributed by atoms with Crippen LogP contribution >= 0.6 is 0 Å². The Morgan fingerprint density at radius 2 is 1.95 bits per heavy atom. The molecular formula is C14H22N2O5. The maximum Gasteiger partial charge on any atom is 0.355 e. The molecule has 1 rings (SSSR count). The predicted molar refractivity (Wildman–Crippen MR) is 75.9 cm³/mol. The number of H-pyrrole nitrogens is 1. The second-order valence-corrected chi connectivity index (χ2v) is 4.83. The van der Waals surface area contributed by atoms with E-state index >= 15 is 0 Å². The van der Waals surface area contributed by atoms with Gasteiger partial charge in [-0.25, -0.2) is 4.79 Å². The lowest BCUT2D eigenvalue weighted by Gasteiger charge is -2.19. The molecule has 0 aliphatic heterocycles. The Hall–Kier alpha value is -1.86. The first kappa shape index (κ1) is 17.2. The first-order valence-corrected chi connectivity index (χ1v) is 6.76. The van der Waals surface area contributed by atoms with E-state index in [9.17, 15) is 19.8 Å². The Kier molecular flexibility index (Phi) is 5.92. The molecule has 2 atom stereocenters. The number of nitrogens with one attached hydrogen (secondary N) is 2. The van der Waals surface area contributed by atoms with Crippen LogP contribution in [0.3, 0.4) is 0 Å². The fraction of sp³-hybridized carbons (Fsp3) is 0.571. The monoisotopic (exact) mass is 298 g/mol. The number of ether oxygens (including phenoxy) is 1. The highest BCUT2D eigenvalue weighted by atomic mass is 16.5. The summed E-state index contributed by atoms with van der Waals surface area (Å²) >= 11 is 0. The zero-order valence-electron chi connectivity index (χ0n) is 12.7. The molecule has 1 aromatic heterocycles. The number of esters is 1. The molecule has 0 saturated heterocycles. The SMILES string of the molecule is CCOC(=O)c1[nH]c(C)c(C(O)C(O)CNC(C)=O)c1C. The summed E-state index contributed by atoms with van der Waals surface area (Å²) in [6.45, 7) is 6.56. The molecule has 0 spiro atoms. The zero-order valence-corrected chi connectivity index (χ0v) is 12.7. The lowest BCUT2D eigenvalue weighted by atomic mass is 10.00. The highest BCUT2D eigenvalue weighted by molar-refractivity contribution is 5.89. The number of aromatic nitrogens is 1. The summed E-state index contributed by atoms with van der Waals surface area (Å²) in [4.78, 5) is 25.5. The van der Waals surface area contributed by atoms with Crippen molar-refractivity contribution in [2.24, 2.45) is 0 Å². The van der Waals surface area contributed by atoms with E-state index in [0.29, 0.717) is 16.8 Å². The molecule has 0 radical (unpaired) electrons. The van der Waals surface area contributed by atoms with E-state index in [-0.39, 0.29) is 24.8 Å². The van der Waals surface area contributed by atoms with Crippen LogP contribution in [-0.4, -0.2) is 46.3 Å². The number of rotatable bonds is 6. The Morgan fingerprint density at radius 1 is 1.33 bits per heavy atom. The maximum absolute atomic E-state index is 11.8. The van der Waals surface area contributed by atoms with Gasteiger partial charge in [-0.3, -0.25) is 4.79 Å². The number of carbonyl (C=O) groups is 2. The van der Waals surface area contributed by atoms with Crippen molar-refractivity contribution in [2.75, 3.05) is 13.2 Å². The molecule has 0 aliphatic rings. The highest BCUT2D eigenvalue weighted by Gasteiger charge is 2.27. The van der Waals surface area contributed by atoms with Gasteiger partial charge in [0.05, 0.1) is 6.61 Å². The van der Waals surface area contributed by atoms with Gasteiger partial charge in [-0.1, -0.05) is 0 Å². The number of amides is 1. The lowest BCUT2D eigenvalue weighted by Crippen LogP contribution is -2.34. The first-order valence-electron chi connectivity index (χ1n) is 6.76. The standard InChI is InChI=1S/C14H22N2O5/c1-5-21-14(20)12-7(2)11(8(3)16-12)13(19)10(18)6-15-9(4)17/h10,13,16,18-19H,5-6H2,1-4H3,(H,15,17). The van der Waals surface area contributed by atoms with Crippen molar-refractivity contribution in [3.8, 4) is 0 Å². The van der Waals surface area contributed by atoms with Crippen molar-refractivity contribution in [3.05, 3.63) is 22.5 Å². The second kappa shape index (κ2) is 7.24. The van der Waals surface area contributed by atoms with Crippen LogP contribution in [0.5, 0.6) is 0 Å². The van der Waals surface area contributed by atoms with Crippen LogP contribution in [0.4, 0.5) is 0 Å². The van der Waals surface area contributed by atoms with Crippen LogP contribution in [0, 0.1) is 13.8 Å². The van der Waals surface area contributed by atoms with Crippen LogP contribution < -0.4 is 5.32 Å². The van der Waals surface area contributed by atoms with E-state index in [1.54, 1.807) is 20.8 Å². The smallest absolute Gasteiger partial charge is 0.355 e. The average Bonchev–Trinajstić information content (AvgIpc) is 2.70. The van der Waals surface area contributed by atoms with Crippen LogP contribution in [0.1, 0.15) is 47.3 Å². The van der Waals surface area contributed by atoms with Crippen molar-refractivity contribution in [3.63, 3.8) is 0 Å². The minimum Gasteiger partial charge on any atom is -0.461 e. The van der Waals surface area contributed by atoms with E-state index in [4.69, 9.17) is 4.74 Å². The number of aryl methyl sites for hydroxylation is 1. The molecule has 7 nitrogen and oxygen atoms in total. The van der Waals surface area contributed by atoms with Gasteiger partial charge in [0, 0.05) is 24.7 Å². The summed E-state index contributed by atoms with van der Waals surface area (Å²) in [5, 5.41) is 22.6. The molecule has 1 aromatic rings. The summed E-state index contributed by atoms with van der Waals surface area (Å²) < 4.78 is 4.92. The second-order valence-electron chi connectivity index (χ2n) is 4.83. The Bertz CT molecular complexity index is 524. The molecule has 7 heteroatoms. The lowest BCUT2D eigenvalue weighted by molar-refractivity contribution is -0.119. The Balaban J connectivity index is 2.97. The summed E-state index contributed by atoms with van der Waals surface area (Å²) in [5.41, 5.74) is 1.80. The molecule has 0 fully saturated rings. The summed E-state index contributed by atoms with van der Waals surface area (Å²) in [6, 6.07) is 0. The van der Waals surface area contributed by atoms with E-state index in [1.807, 2.05) is 0 Å². The maximum atomic E-state index is 11.8. The molecule has 1 amide bonds. The van der Waals surface area contributed by atoms with Crippen LogP contribution in [-0.2, 0) is 9.53 Å². The third-order valence-corrected chi connectivity index (χ3v) is 3.20. The van der Waals surface area contributed by atoms with Gasteiger partial charge in [-0.15, -0.1) is 0 Å². The van der Waals surface area contributed by atoms with Crippen molar-refractivity contribution in [1.29, 1.82) is 0 Å². The van der Waals surface area contributed by atoms with Crippen LogP contribution in [0.2, 0.25) is 0 Å². The van der Waals surface area contributed by atoms with Gasteiger partial charge in [0.1, 0.15) is 17.9 Å². The Labute approximate surface area is 123 Å². The van der Waals surface area contributed by atoms with Gasteiger partial charge in [-0.05, 0) is 26.3 Å². The molecule has 4 N–H and O–H groups in total. The number of hydrogen-bond acceptors (Lipinski definition) is 5. The number of aromatic amines is 1. The van der Waals surface area contributed by atoms with Gasteiger partial charge >= 0.3 is 5.97 Å².